The molecule has 0 atom stereocenters. The van der Waals surface area contributed by atoms with Gasteiger partial charge in [-0.05, 0) is 17.7 Å². The number of carbonyl (C=O) groups excluding carboxylic acids is 1. The molecule has 0 aliphatic rings. The molecule has 0 saturated heterocycles. The molecular weight excluding hydrogens is 285 g/mol. The molecule has 4 N–H and O–H groups in total. The SMILES string of the molecule is Nc1ccccc1CNC(=O)c1cc(F)c(F)c(O)c1F. The lowest BCUT2D eigenvalue weighted by molar-refractivity contribution is 0.0945. The first kappa shape index (κ1) is 14.7. The molecule has 0 spiro atoms. The third-order valence-electron chi connectivity index (χ3n) is 2.87. The van der Waals surface area contributed by atoms with Crippen LogP contribution in [0.25, 0.3) is 0 Å². The van der Waals surface area contributed by atoms with Crippen LogP contribution in [0.4, 0.5) is 18.9 Å². The molecule has 0 saturated carbocycles. The van der Waals surface area contributed by atoms with Gasteiger partial charge in [0.2, 0.25) is 5.82 Å². The number of halogens is 3. The number of hydrogen-bond acceptors (Lipinski definition) is 3. The molecule has 0 fully saturated rings. The Hall–Kier alpha value is -2.70. The van der Waals surface area contributed by atoms with Crippen molar-refractivity contribution in [3.05, 3.63) is 58.9 Å². The summed E-state index contributed by atoms with van der Waals surface area (Å²) < 4.78 is 39.6. The lowest BCUT2D eigenvalue weighted by atomic mass is 10.1. The van der Waals surface area contributed by atoms with E-state index in [1.807, 2.05) is 0 Å². The number of aromatic hydroxyl groups is 1. The molecule has 2 aromatic carbocycles. The monoisotopic (exact) mass is 296 g/mol. The number of nitrogens with one attached hydrogen (secondary N) is 1. The summed E-state index contributed by atoms with van der Waals surface area (Å²) in [6, 6.07) is 7.05. The van der Waals surface area contributed by atoms with E-state index in [1.165, 1.54) is 0 Å². The van der Waals surface area contributed by atoms with E-state index < -0.39 is 34.7 Å². The molecule has 0 aromatic heterocycles. The Bertz CT molecular complexity index is 705. The third-order valence-corrected chi connectivity index (χ3v) is 2.87. The van der Waals surface area contributed by atoms with Crippen LogP contribution in [0.2, 0.25) is 0 Å². The lowest BCUT2D eigenvalue weighted by Gasteiger charge is -2.09. The fraction of sp³-hybridized carbons (Fsp3) is 0.0714. The first-order valence-electron chi connectivity index (χ1n) is 5.90. The third kappa shape index (κ3) is 2.91. The number of carbonyl (C=O) groups is 1. The number of para-hydroxylation sites is 1. The van der Waals surface area contributed by atoms with Gasteiger partial charge >= 0.3 is 0 Å². The largest absolute Gasteiger partial charge is 0.503 e. The van der Waals surface area contributed by atoms with E-state index in [0.29, 0.717) is 17.3 Å². The van der Waals surface area contributed by atoms with Gasteiger partial charge in [0.25, 0.3) is 5.91 Å². The van der Waals surface area contributed by atoms with Gasteiger partial charge < -0.3 is 16.2 Å². The van der Waals surface area contributed by atoms with Crippen molar-refractivity contribution in [2.75, 3.05) is 5.73 Å². The number of rotatable bonds is 3. The Morgan fingerprint density at radius 1 is 1.19 bits per heavy atom. The lowest BCUT2D eigenvalue weighted by Crippen LogP contribution is -2.24. The summed E-state index contributed by atoms with van der Waals surface area (Å²) in [5.74, 6) is -7.30. The van der Waals surface area contributed by atoms with Gasteiger partial charge in [-0.1, -0.05) is 18.2 Å². The Kier molecular flexibility index (Phi) is 4.02. The highest BCUT2D eigenvalue weighted by molar-refractivity contribution is 5.95. The Morgan fingerprint density at radius 2 is 1.86 bits per heavy atom. The van der Waals surface area contributed by atoms with Crippen LogP contribution in [0.15, 0.2) is 30.3 Å². The molecule has 0 aliphatic carbocycles. The van der Waals surface area contributed by atoms with Gasteiger partial charge in [0.15, 0.2) is 17.4 Å². The number of nitrogens with two attached hydrogens (primary N) is 1. The molecule has 1 amide bonds. The Morgan fingerprint density at radius 3 is 2.52 bits per heavy atom. The van der Waals surface area contributed by atoms with Crippen molar-refractivity contribution in [3.63, 3.8) is 0 Å². The van der Waals surface area contributed by atoms with Crippen LogP contribution in [-0.2, 0) is 6.54 Å². The molecule has 2 rings (SSSR count). The van der Waals surface area contributed by atoms with Crippen LogP contribution in [0.3, 0.4) is 0 Å². The topological polar surface area (TPSA) is 75.3 Å². The number of amides is 1. The highest BCUT2D eigenvalue weighted by atomic mass is 19.2. The van der Waals surface area contributed by atoms with Gasteiger partial charge in [0.05, 0.1) is 5.56 Å². The predicted molar refractivity (Wildman–Crippen MR) is 70.0 cm³/mol. The van der Waals surface area contributed by atoms with Crippen molar-refractivity contribution in [2.45, 2.75) is 6.54 Å². The zero-order chi connectivity index (χ0) is 15.6. The fourth-order valence-electron chi connectivity index (χ4n) is 1.72. The molecule has 2 aromatic rings. The van der Waals surface area contributed by atoms with Crippen LogP contribution in [-0.4, -0.2) is 11.0 Å². The van der Waals surface area contributed by atoms with E-state index in [0.717, 1.165) is 0 Å². The zero-order valence-electron chi connectivity index (χ0n) is 10.7. The van der Waals surface area contributed by atoms with Crippen molar-refractivity contribution in [1.82, 2.24) is 5.32 Å². The molecular formula is C14H11F3N2O2. The molecule has 0 radical (unpaired) electrons. The number of phenols is 1. The van der Waals surface area contributed by atoms with Crippen molar-refractivity contribution in [3.8, 4) is 5.75 Å². The van der Waals surface area contributed by atoms with E-state index in [4.69, 9.17) is 10.8 Å². The molecule has 0 heterocycles. The first-order chi connectivity index (χ1) is 9.91. The van der Waals surface area contributed by atoms with Gasteiger partial charge in [0, 0.05) is 12.2 Å². The fourth-order valence-corrected chi connectivity index (χ4v) is 1.72. The maximum atomic E-state index is 13.6. The van der Waals surface area contributed by atoms with Crippen LogP contribution < -0.4 is 11.1 Å². The minimum Gasteiger partial charge on any atom is -0.503 e. The maximum Gasteiger partial charge on any atom is 0.254 e. The minimum absolute atomic E-state index is 0.0231. The van der Waals surface area contributed by atoms with Crippen molar-refractivity contribution >= 4 is 11.6 Å². The molecule has 4 nitrogen and oxygen atoms in total. The summed E-state index contributed by atoms with van der Waals surface area (Å²) in [6.45, 7) is -0.0231. The average Bonchev–Trinajstić information content (AvgIpc) is 2.47. The Balaban J connectivity index is 2.20. The summed E-state index contributed by atoms with van der Waals surface area (Å²) in [5, 5.41) is 11.4. The van der Waals surface area contributed by atoms with E-state index in [-0.39, 0.29) is 6.54 Å². The van der Waals surface area contributed by atoms with Crippen LogP contribution in [0.1, 0.15) is 15.9 Å². The first-order valence-corrected chi connectivity index (χ1v) is 5.90. The summed E-state index contributed by atoms with van der Waals surface area (Å²) in [6.07, 6.45) is 0. The number of nitrogen functional groups attached to an aromatic ring is 1. The molecule has 21 heavy (non-hydrogen) atoms. The van der Waals surface area contributed by atoms with Crippen LogP contribution in [0, 0.1) is 17.5 Å². The van der Waals surface area contributed by atoms with Gasteiger partial charge in [-0.2, -0.15) is 4.39 Å². The molecule has 7 heteroatoms. The minimum atomic E-state index is -1.74. The average molecular weight is 296 g/mol. The Labute approximate surface area is 118 Å². The number of benzene rings is 2. The predicted octanol–water partition coefficient (Wildman–Crippen LogP) is 2.32. The molecule has 110 valence electrons. The summed E-state index contributed by atoms with van der Waals surface area (Å²) >= 11 is 0. The summed E-state index contributed by atoms with van der Waals surface area (Å²) in [5.41, 5.74) is 5.88. The van der Waals surface area contributed by atoms with Crippen molar-refractivity contribution in [1.29, 1.82) is 0 Å². The van der Waals surface area contributed by atoms with Gasteiger partial charge in [-0.25, -0.2) is 8.78 Å². The number of anilines is 1. The standard InChI is InChI=1S/C14H11F3N2O2/c15-9-5-8(11(16)13(20)12(9)17)14(21)19-6-7-3-1-2-4-10(7)18/h1-5,20H,6,18H2,(H,19,21). The van der Waals surface area contributed by atoms with E-state index in [1.54, 1.807) is 24.3 Å². The van der Waals surface area contributed by atoms with Gasteiger partial charge in [-0.15, -0.1) is 0 Å². The maximum absolute atomic E-state index is 13.6. The van der Waals surface area contributed by atoms with Crippen LogP contribution in [0.5, 0.6) is 5.75 Å². The normalized spacial score (nSPS) is 10.4. The highest BCUT2D eigenvalue weighted by Gasteiger charge is 2.22. The van der Waals surface area contributed by atoms with Gasteiger partial charge in [-0.3, -0.25) is 4.79 Å². The quantitative estimate of drug-likeness (QED) is 0.601. The molecule has 0 unspecified atom stereocenters. The van der Waals surface area contributed by atoms with Gasteiger partial charge in [0.1, 0.15) is 0 Å². The van der Waals surface area contributed by atoms with E-state index >= 15 is 0 Å². The van der Waals surface area contributed by atoms with Crippen LogP contribution >= 0.6 is 0 Å². The summed E-state index contributed by atoms with van der Waals surface area (Å²) in [4.78, 5) is 11.8. The van der Waals surface area contributed by atoms with E-state index in [2.05, 4.69) is 5.32 Å². The number of phenolic OH excluding ortho intramolecular Hbond substituents is 1. The summed E-state index contributed by atoms with van der Waals surface area (Å²) in [7, 11) is 0. The number of hydrogen-bond donors (Lipinski definition) is 3. The smallest absolute Gasteiger partial charge is 0.254 e. The van der Waals surface area contributed by atoms with Crippen molar-refractivity contribution < 1.29 is 23.1 Å². The highest BCUT2D eigenvalue weighted by Crippen LogP contribution is 2.25. The molecule has 0 aliphatic heterocycles. The second-order valence-corrected chi connectivity index (χ2v) is 4.26. The zero-order valence-corrected chi connectivity index (χ0v) is 10.7. The molecule has 0 bridgehead atoms. The second-order valence-electron chi connectivity index (χ2n) is 4.26. The van der Waals surface area contributed by atoms with Crippen molar-refractivity contribution in [2.24, 2.45) is 0 Å². The second kappa shape index (κ2) is 5.74. The van der Waals surface area contributed by atoms with E-state index in [9.17, 15) is 18.0 Å².